The van der Waals surface area contributed by atoms with Crippen molar-refractivity contribution in [3.8, 4) is 17.2 Å². The molecule has 2 aromatic carbocycles. The average Bonchev–Trinajstić information content (AvgIpc) is 2.69. The Morgan fingerprint density at radius 1 is 1.14 bits per heavy atom. The number of aromatic nitrogens is 1. The van der Waals surface area contributed by atoms with Gasteiger partial charge in [0.2, 0.25) is 0 Å². The third-order valence-corrected chi connectivity index (χ3v) is 4.19. The Labute approximate surface area is 165 Å². The second-order valence-corrected chi connectivity index (χ2v) is 6.01. The van der Waals surface area contributed by atoms with Crippen molar-refractivity contribution < 1.29 is 19.4 Å². The average molecular weight is 366 g/mol. The molecule has 9 heteroatoms. The van der Waals surface area contributed by atoms with E-state index in [2.05, 4.69) is 10.3 Å². The molecular weight excluding hydrogens is 353 g/mol. The van der Waals surface area contributed by atoms with Crippen LogP contribution in [-0.4, -0.2) is 52.4 Å². The molecule has 132 valence electrons. The van der Waals surface area contributed by atoms with Gasteiger partial charge in [0.1, 0.15) is 41.3 Å². The minimum atomic E-state index is -0.726. The van der Waals surface area contributed by atoms with E-state index in [1.807, 2.05) is 6.07 Å². The molecule has 2 N–H and O–H groups in total. The van der Waals surface area contributed by atoms with Crippen LogP contribution < -0.4 is 26.4 Å². The number of amides is 1. The number of aromatic hydroxyl groups is 1. The molecule has 1 amide bonds. The number of hydrogen-bond donors (Lipinski definition) is 2. The van der Waals surface area contributed by atoms with Crippen molar-refractivity contribution in [1.29, 1.82) is 0 Å². The zero-order valence-electron chi connectivity index (χ0n) is 15.0. The highest BCUT2D eigenvalue weighted by molar-refractivity contribution is 6.58. The maximum absolute atomic E-state index is 12.2. The molecule has 0 unspecified atom stereocenters. The first kappa shape index (κ1) is 19.5. The van der Waals surface area contributed by atoms with Crippen molar-refractivity contribution in [3.05, 3.63) is 41.7 Å². The van der Waals surface area contributed by atoms with E-state index in [1.165, 1.54) is 0 Å². The molecular formula is C19H13B3N2O4. The van der Waals surface area contributed by atoms with Gasteiger partial charge in [0, 0.05) is 16.5 Å². The highest BCUT2D eigenvalue weighted by atomic mass is 16.5. The summed E-state index contributed by atoms with van der Waals surface area (Å²) in [5.74, 6) is -0.570. The Hall–Kier alpha value is -3.22. The number of aryl methyl sites for hydroxylation is 1. The lowest BCUT2D eigenvalue weighted by Gasteiger charge is -2.21. The summed E-state index contributed by atoms with van der Waals surface area (Å²) in [4.78, 5) is 26.8. The number of pyridine rings is 1. The van der Waals surface area contributed by atoms with Gasteiger partial charge in [-0.05, 0) is 24.5 Å². The zero-order chi connectivity index (χ0) is 20.4. The normalized spacial score (nSPS) is 10.6. The first-order valence-electron chi connectivity index (χ1n) is 8.31. The van der Waals surface area contributed by atoms with E-state index in [1.54, 1.807) is 31.2 Å². The maximum Gasteiger partial charge on any atom is 0.274 e. The number of carbonyl (C=O) groups excluding carboxylic acids is 2. The molecule has 0 fully saturated rings. The SMILES string of the molecule is [B]c1c(Oc2ccccc2)c([B])c2c(C)nc(C(=O)NCC=O)c(O)c2c1[B]. The van der Waals surface area contributed by atoms with Crippen LogP contribution in [-0.2, 0) is 4.79 Å². The first-order chi connectivity index (χ1) is 13.4. The third kappa shape index (κ3) is 3.35. The Balaban J connectivity index is 2.23. The summed E-state index contributed by atoms with van der Waals surface area (Å²) in [6.07, 6.45) is 0.514. The van der Waals surface area contributed by atoms with Crippen LogP contribution in [0.2, 0.25) is 0 Å². The fourth-order valence-corrected chi connectivity index (χ4v) is 2.89. The molecule has 0 saturated heterocycles. The summed E-state index contributed by atoms with van der Waals surface area (Å²) in [6.45, 7) is 1.39. The van der Waals surface area contributed by atoms with Crippen molar-refractivity contribution in [1.82, 2.24) is 10.3 Å². The van der Waals surface area contributed by atoms with Crippen LogP contribution in [0.1, 0.15) is 16.2 Å². The molecule has 6 radical (unpaired) electrons. The second-order valence-electron chi connectivity index (χ2n) is 6.01. The number of para-hydroxylation sites is 1. The summed E-state index contributed by atoms with van der Waals surface area (Å²) in [7, 11) is 18.5. The Morgan fingerprint density at radius 2 is 1.82 bits per heavy atom. The Bertz CT molecular complexity index is 1090. The predicted molar refractivity (Wildman–Crippen MR) is 109 cm³/mol. The molecule has 3 aromatic rings. The molecule has 28 heavy (non-hydrogen) atoms. The quantitative estimate of drug-likeness (QED) is 0.463. The van der Waals surface area contributed by atoms with Crippen molar-refractivity contribution in [2.45, 2.75) is 6.92 Å². The topological polar surface area (TPSA) is 88.5 Å². The monoisotopic (exact) mass is 366 g/mol. The molecule has 6 nitrogen and oxygen atoms in total. The fourth-order valence-electron chi connectivity index (χ4n) is 2.89. The smallest absolute Gasteiger partial charge is 0.274 e. The van der Waals surface area contributed by atoms with E-state index in [4.69, 9.17) is 28.3 Å². The number of benzene rings is 2. The van der Waals surface area contributed by atoms with E-state index >= 15 is 0 Å². The molecule has 0 bridgehead atoms. The lowest BCUT2D eigenvalue weighted by Crippen LogP contribution is -2.35. The predicted octanol–water partition coefficient (Wildman–Crippen LogP) is -0.649. The van der Waals surface area contributed by atoms with E-state index in [0.717, 1.165) is 0 Å². The van der Waals surface area contributed by atoms with Gasteiger partial charge in [-0.1, -0.05) is 29.1 Å². The third-order valence-electron chi connectivity index (χ3n) is 4.19. The van der Waals surface area contributed by atoms with E-state index in [9.17, 15) is 14.7 Å². The molecule has 0 aliphatic rings. The summed E-state index contributed by atoms with van der Waals surface area (Å²) < 4.78 is 5.80. The number of aldehydes is 1. The standard InChI is InChI=1S/C19H13B3N2O4/c1-9-11-12(17(26)16(24-9)19(27)23-7-8-25)13(20)15(22)18(14(11)21)28-10-5-3-2-4-6-10/h2-6,8,26H,7H2,1H3,(H,23,27). The first-order valence-corrected chi connectivity index (χ1v) is 8.31. The van der Waals surface area contributed by atoms with Crippen LogP contribution in [0.15, 0.2) is 30.3 Å². The van der Waals surface area contributed by atoms with Crippen LogP contribution in [0.5, 0.6) is 17.2 Å². The molecule has 1 heterocycles. The number of carbonyl (C=O) groups is 2. The van der Waals surface area contributed by atoms with Crippen LogP contribution in [0.4, 0.5) is 0 Å². The van der Waals surface area contributed by atoms with Crippen LogP contribution in [0.3, 0.4) is 0 Å². The van der Waals surface area contributed by atoms with Crippen molar-refractivity contribution in [2.75, 3.05) is 6.54 Å². The van der Waals surface area contributed by atoms with Gasteiger partial charge in [0.15, 0.2) is 11.4 Å². The van der Waals surface area contributed by atoms with Gasteiger partial charge in [-0.2, -0.15) is 0 Å². The lowest BCUT2D eigenvalue weighted by molar-refractivity contribution is -0.107. The molecule has 0 aliphatic carbocycles. The fraction of sp³-hybridized carbons (Fsp3) is 0.105. The Morgan fingerprint density at radius 3 is 2.46 bits per heavy atom. The van der Waals surface area contributed by atoms with Gasteiger partial charge in [-0.25, -0.2) is 4.98 Å². The second kappa shape index (κ2) is 7.80. The molecule has 0 saturated carbocycles. The zero-order valence-corrected chi connectivity index (χ0v) is 15.0. The van der Waals surface area contributed by atoms with Crippen molar-refractivity contribution in [2.24, 2.45) is 0 Å². The number of nitrogens with one attached hydrogen (secondary N) is 1. The van der Waals surface area contributed by atoms with Crippen LogP contribution in [0.25, 0.3) is 10.8 Å². The minimum Gasteiger partial charge on any atom is -0.505 e. The van der Waals surface area contributed by atoms with Gasteiger partial charge in [-0.3, -0.25) is 4.79 Å². The van der Waals surface area contributed by atoms with Gasteiger partial charge in [-0.15, -0.1) is 0 Å². The number of hydrogen-bond acceptors (Lipinski definition) is 5. The number of rotatable bonds is 5. The summed E-state index contributed by atoms with van der Waals surface area (Å²) >= 11 is 0. The summed E-state index contributed by atoms with van der Waals surface area (Å²) in [6, 6.07) is 8.85. The van der Waals surface area contributed by atoms with Crippen LogP contribution >= 0.6 is 0 Å². The molecule has 3 rings (SSSR count). The highest BCUT2D eigenvalue weighted by Gasteiger charge is 2.23. The number of fused-ring (bicyclic) bond motifs is 1. The molecule has 0 atom stereocenters. The Kier molecular flexibility index (Phi) is 5.45. The van der Waals surface area contributed by atoms with E-state index in [0.29, 0.717) is 23.1 Å². The largest absolute Gasteiger partial charge is 0.505 e. The molecule has 0 spiro atoms. The van der Waals surface area contributed by atoms with Gasteiger partial charge in [0.05, 0.1) is 6.54 Å². The van der Waals surface area contributed by atoms with E-state index < -0.39 is 11.7 Å². The van der Waals surface area contributed by atoms with Crippen molar-refractivity contribution in [3.63, 3.8) is 0 Å². The summed E-state index contributed by atoms with van der Waals surface area (Å²) in [5.41, 5.74) is 0.211. The molecule has 0 aliphatic heterocycles. The van der Waals surface area contributed by atoms with E-state index in [-0.39, 0.29) is 39.8 Å². The van der Waals surface area contributed by atoms with Crippen molar-refractivity contribution >= 4 is 62.9 Å². The van der Waals surface area contributed by atoms with Gasteiger partial charge >= 0.3 is 0 Å². The minimum absolute atomic E-state index is 0.00238. The highest BCUT2D eigenvalue weighted by Crippen LogP contribution is 2.29. The lowest BCUT2D eigenvalue weighted by atomic mass is 9.71. The van der Waals surface area contributed by atoms with Crippen LogP contribution in [0, 0.1) is 6.92 Å². The number of ether oxygens (including phenoxy) is 1. The number of nitrogens with zero attached hydrogens (tertiary/aromatic N) is 1. The molecule has 1 aromatic heterocycles. The maximum atomic E-state index is 12.2. The van der Waals surface area contributed by atoms with Gasteiger partial charge in [0.25, 0.3) is 5.91 Å². The summed E-state index contributed by atoms with van der Waals surface area (Å²) in [5, 5.41) is 13.3. The van der Waals surface area contributed by atoms with Gasteiger partial charge < -0.3 is 20.0 Å².